The highest BCUT2D eigenvalue weighted by molar-refractivity contribution is 5.38. The molecule has 2 aromatic rings. The number of halogens is 3. The number of pyridine rings is 1. The second kappa shape index (κ2) is 5.25. The van der Waals surface area contributed by atoms with Gasteiger partial charge < -0.3 is 5.11 Å². The molecule has 2 rings (SSSR count). The van der Waals surface area contributed by atoms with Gasteiger partial charge in [0, 0.05) is 11.9 Å². The Morgan fingerprint density at radius 1 is 1.10 bits per heavy atom. The van der Waals surface area contributed by atoms with Gasteiger partial charge in [0.05, 0.1) is 5.56 Å². The van der Waals surface area contributed by atoms with E-state index in [0.29, 0.717) is 16.7 Å². The maximum atomic E-state index is 12.6. The predicted molar refractivity (Wildman–Crippen MR) is 69.2 cm³/mol. The molecular weight excluding hydrogens is 267 g/mol. The third-order valence-corrected chi connectivity index (χ3v) is 3.13. The van der Waals surface area contributed by atoms with Gasteiger partial charge in [-0.1, -0.05) is 6.07 Å². The van der Waals surface area contributed by atoms with Crippen molar-refractivity contribution in [1.29, 1.82) is 0 Å². The zero-order chi connectivity index (χ0) is 14.9. The Morgan fingerprint density at radius 2 is 1.80 bits per heavy atom. The van der Waals surface area contributed by atoms with Crippen molar-refractivity contribution in [3.05, 3.63) is 64.5 Å². The van der Waals surface area contributed by atoms with E-state index in [-0.39, 0.29) is 0 Å². The van der Waals surface area contributed by atoms with Crippen LogP contribution in [-0.2, 0) is 6.18 Å². The smallest absolute Gasteiger partial charge is 0.384 e. The van der Waals surface area contributed by atoms with Crippen LogP contribution in [0.25, 0.3) is 0 Å². The van der Waals surface area contributed by atoms with Gasteiger partial charge in [-0.25, -0.2) is 0 Å². The first-order valence-electron chi connectivity index (χ1n) is 6.07. The molecule has 0 aliphatic carbocycles. The van der Waals surface area contributed by atoms with Crippen LogP contribution in [0.3, 0.4) is 0 Å². The number of benzene rings is 1. The summed E-state index contributed by atoms with van der Waals surface area (Å²) in [7, 11) is 0. The fourth-order valence-electron chi connectivity index (χ4n) is 2.08. The second-order valence-electron chi connectivity index (χ2n) is 4.70. The highest BCUT2D eigenvalue weighted by Crippen LogP contribution is 2.33. The summed E-state index contributed by atoms with van der Waals surface area (Å²) in [6.45, 7) is 3.34. The summed E-state index contributed by atoms with van der Waals surface area (Å²) in [6.07, 6.45) is -3.77. The van der Waals surface area contributed by atoms with Crippen LogP contribution in [0.15, 0.2) is 36.5 Å². The molecule has 0 aliphatic heterocycles. The molecule has 0 bridgehead atoms. The maximum absolute atomic E-state index is 12.6. The van der Waals surface area contributed by atoms with Crippen LogP contribution in [0.4, 0.5) is 13.2 Å². The van der Waals surface area contributed by atoms with Crippen molar-refractivity contribution in [3.8, 4) is 0 Å². The number of alkyl halides is 3. The minimum Gasteiger partial charge on any atom is -0.384 e. The van der Waals surface area contributed by atoms with Gasteiger partial charge in [-0.3, -0.25) is 4.98 Å². The number of rotatable bonds is 2. The second-order valence-corrected chi connectivity index (χ2v) is 4.70. The molecule has 0 aliphatic rings. The summed E-state index contributed by atoms with van der Waals surface area (Å²) in [5.74, 6) is 0. The zero-order valence-corrected chi connectivity index (χ0v) is 11.1. The summed E-state index contributed by atoms with van der Waals surface area (Å²) in [5.41, 5.74) is 1.51. The van der Waals surface area contributed by atoms with Gasteiger partial charge in [0.2, 0.25) is 0 Å². The van der Waals surface area contributed by atoms with Crippen molar-refractivity contribution in [3.63, 3.8) is 0 Å². The van der Waals surface area contributed by atoms with Gasteiger partial charge in [0.1, 0.15) is 6.10 Å². The first kappa shape index (κ1) is 14.5. The van der Waals surface area contributed by atoms with Gasteiger partial charge >= 0.3 is 6.18 Å². The molecule has 1 heterocycles. The number of aryl methyl sites for hydroxylation is 2. The van der Waals surface area contributed by atoms with E-state index in [1.54, 1.807) is 32.2 Å². The van der Waals surface area contributed by atoms with Gasteiger partial charge in [0.25, 0.3) is 0 Å². The quantitative estimate of drug-likeness (QED) is 0.908. The Morgan fingerprint density at radius 3 is 2.35 bits per heavy atom. The Balaban J connectivity index is 2.38. The molecule has 1 N–H and O–H groups in total. The Hall–Kier alpha value is -1.88. The lowest BCUT2D eigenvalue weighted by Gasteiger charge is -2.16. The van der Waals surface area contributed by atoms with E-state index in [0.717, 1.165) is 17.8 Å². The third-order valence-electron chi connectivity index (χ3n) is 3.13. The van der Waals surface area contributed by atoms with Gasteiger partial charge in [-0.15, -0.1) is 0 Å². The maximum Gasteiger partial charge on any atom is 0.416 e. The minimum absolute atomic E-state index is 0.404. The standard InChI is InChI=1S/C15H14F3NO/c1-9-7-12(15(16,17)18)3-4-13(9)14(20)11-5-6-19-10(2)8-11/h3-8,14,20H,1-2H3. The summed E-state index contributed by atoms with van der Waals surface area (Å²) in [6, 6.07) is 6.71. The van der Waals surface area contributed by atoms with Crippen LogP contribution in [-0.4, -0.2) is 10.1 Å². The summed E-state index contributed by atoms with van der Waals surface area (Å²) in [5, 5.41) is 10.3. The van der Waals surface area contributed by atoms with Crippen LogP contribution in [0, 0.1) is 13.8 Å². The van der Waals surface area contributed by atoms with Crippen LogP contribution >= 0.6 is 0 Å². The molecule has 1 atom stereocenters. The lowest BCUT2D eigenvalue weighted by Crippen LogP contribution is -2.08. The van der Waals surface area contributed by atoms with Gasteiger partial charge in [-0.05, 0) is 54.8 Å². The SMILES string of the molecule is Cc1cc(C(O)c2ccc(C(F)(F)F)cc2C)ccn1. The summed E-state index contributed by atoms with van der Waals surface area (Å²) in [4.78, 5) is 4.02. The summed E-state index contributed by atoms with van der Waals surface area (Å²) >= 11 is 0. The van der Waals surface area contributed by atoms with E-state index in [1.165, 1.54) is 6.07 Å². The van der Waals surface area contributed by atoms with Crippen LogP contribution in [0.2, 0.25) is 0 Å². The topological polar surface area (TPSA) is 33.1 Å². The van der Waals surface area contributed by atoms with E-state index >= 15 is 0 Å². The molecule has 20 heavy (non-hydrogen) atoms. The zero-order valence-electron chi connectivity index (χ0n) is 11.1. The Bertz CT molecular complexity index is 623. The Kier molecular flexibility index (Phi) is 3.81. The van der Waals surface area contributed by atoms with E-state index in [1.807, 2.05) is 0 Å². The highest BCUT2D eigenvalue weighted by Gasteiger charge is 2.31. The molecule has 1 aromatic heterocycles. The molecule has 5 heteroatoms. The molecule has 0 amide bonds. The van der Waals surface area contributed by atoms with Crippen molar-refractivity contribution < 1.29 is 18.3 Å². The fourth-order valence-corrected chi connectivity index (χ4v) is 2.08. The van der Waals surface area contributed by atoms with Crippen LogP contribution < -0.4 is 0 Å². The van der Waals surface area contributed by atoms with Gasteiger partial charge in [-0.2, -0.15) is 13.2 Å². The first-order valence-corrected chi connectivity index (χ1v) is 6.07. The van der Waals surface area contributed by atoms with Crippen molar-refractivity contribution >= 4 is 0 Å². The van der Waals surface area contributed by atoms with E-state index in [9.17, 15) is 18.3 Å². The van der Waals surface area contributed by atoms with E-state index in [2.05, 4.69) is 4.98 Å². The van der Waals surface area contributed by atoms with Gasteiger partial charge in [0.15, 0.2) is 0 Å². The van der Waals surface area contributed by atoms with Crippen molar-refractivity contribution in [2.75, 3.05) is 0 Å². The average molecular weight is 281 g/mol. The molecule has 106 valence electrons. The normalized spacial score (nSPS) is 13.3. The molecule has 2 nitrogen and oxygen atoms in total. The fraction of sp³-hybridized carbons (Fsp3) is 0.267. The van der Waals surface area contributed by atoms with Crippen LogP contribution in [0.1, 0.15) is 34.1 Å². The number of hydrogen-bond acceptors (Lipinski definition) is 2. The largest absolute Gasteiger partial charge is 0.416 e. The Labute approximate surface area is 114 Å². The van der Waals surface area contributed by atoms with Crippen molar-refractivity contribution in [2.24, 2.45) is 0 Å². The molecule has 0 spiro atoms. The minimum atomic E-state index is -4.37. The first-order chi connectivity index (χ1) is 9.29. The third kappa shape index (κ3) is 2.99. The number of aliphatic hydroxyl groups is 1. The van der Waals surface area contributed by atoms with E-state index < -0.39 is 17.8 Å². The molecule has 1 unspecified atom stereocenters. The molecule has 1 aromatic carbocycles. The molecular formula is C15H14F3NO. The monoisotopic (exact) mass is 281 g/mol. The number of hydrogen-bond donors (Lipinski definition) is 1. The predicted octanol–water partition coefficient (Wildman–Crippen LogP) is 3.80. The number of nitrogens with zero attached hydrogens (tertiary/aromatic N) is 1. The summed E-state index contributed by atoms with van der Waals surface area (Å²) < 4.78 is 37.8. The van der Waals surface area contributed by atoms with E-state index in [4.69, 9.17) is 0 Å². The lowest BCUT2D eigenvalue weighted by molar-refractivity contribution is -0.137. The molecule has 0 radical (unpaired) electrons. The van der Waals surface area contributed by atoms with Crippen LogP contribution in [0.5, 0.6) is 0 Å². The highest BCUT2D eigenvalue weighted by atomic mass is 19.4. The van der Waals surface area contributed by atoms with Crippen molar-refractivity contribution in [2.45, 2.75) is 26.1 Å². The number of aromatic nitrogens is 1. The molecule has 0 saturated carbocycles. The van der Waals surface area contributed by atoms with Crippen molar-refractivity contribution in [1.82, 2.24) is 4.98 Å². The molecule has 0 fully saturated rings. The molecule has 0 saturated heterocycles. The number of aliphatic hydroxyl groups excluding tert-OH is 1. The lowest BCUT2D eigenvalue weighted by atomic mass is 9.96. The average Bonchev–Trinajstić information content (AvgIpc) is 2.36.